The zero-order valence-corrected chi connectivity index (χ0v) is 20.7. The van der Waals surface area contributed by atoms with Gasteiger partial charge < -0.3 is 14.6 Å². The number of nitrogens with zero attached hydrogens (tertiary/aromatic N) is 1. The second kappa shape index (κ2) is 12.4. The molecule has 1 fully saturated rings. The molecule has 1 N–H and O–H groups in total. The maximum Gasteiger partial charge on any atom is 0.602 e. The minimum atomic E-state index is -1.18. The van der Waals surface area contributed by atoms with Gasteiger partial charge in [-0.05, 0) is 37.6 Å². The third-order valence-corrected chi connectivity index (χ3v) is 5.70. The van der Waals surface area contributed by atoms with Gasteiger partial charge in [-0.15, -0.1) is 0 Å². The predicted octanol–water partition coefficient (Wildman–Crippen LogP) is 3.25. The largest absolute Gasteiger partial charge is 0.602 e. The Balaban J connectivity index is 2.09. The zero-order valence-electron chi connectivity index (χ0n) is 19.2. The number of amides is 1. The Hall–Kier alpha value is -2.10. The first-order chi connectivity index (χ1) is 15.5. The highest BCUT2D eigenvalue weighted by Crippen LogP contribution is 2.28. The smallest absolute Gasteiger partial charge is 0.499 e. The van der Waals surface area contributed by atoms with E-state index in [9.17, 15) is 19.2 Å². The lowest BCUT2D eigenvalue weighted by Gasteiger charge is -2.24. The number of hydrogen-bond donors (Lipinski definition) is 1. The van der Waals surface area contributed by atoms with Gasteiger partial charge in [-0.2, -0.15) is 0 Å². The maximum atomic E-state index is 12.7. The van der Waals surface area contributed by atoms with E-state index in [0.29, 0.717) is 18.0 Å². The fourth-order valence-corrected chi connectivity index (χ4v) is 4.02. The van der Waals surface area contributed by atoms with Crippen molar-refractivity contribution in [3.8, 4) is 0 Å². The molecule has 1 heterocycles. The molecule has 33 heavy (non-hydrogen) atoms. The zero-order chi connectivity index (χ0) is 24.7. The quantitative estimate of drug-likeness (QED) is 0.548. The van der Waals surface area contributed by atoms with Gasteiger partial charge in [0, 0.05) is 23.8 Å². The number of nitrogens with one attached hydrogen (secondary N) is 1. The molecule has 1 saturated heterocycles. The van der Waals surface area contributed by atoms with Gasteiger partial charge in [0.05, 0.1) is 29.6 Å². The molecule has 0 unspecified atom stereocenters. The standard InChI is InChI=1S/C22H29BCl2N2O6/c1-13(2)7-15(23-32-20(29)12-27(4)11-14(3)22(31)33-23)8-17(28)10-26-21(30)18-9-16(24)5-6-19(18)25/h5-6,9,13-15H,7-8,10-12H2,1-4H3,(H,26,30)/t14-,15-/m1/s1. The van der Waals surface area contributed by atoms with Gasteiger partial charge in [0.1, 0.15) is 0 Å². The number of hydrogen-bond acceptors (Lipinski definition) is 7. The third-order valence-electron chi connectivity index (χ3n) is 5.13. The molecule has 11 heteroatoms. The molecular formula is C22H29BCl2N2O6. The Kier molecular flexibility index (Phi) is 10.2. The maximum absolute atomic E-state index is 12.7. The van der Waals surface area contributed by atoms with E-state index in [1.807, 2.05) is 13.8 Å². The molecule has 1 aliphatic heterocycles. The molecule has 0 saturated carbocycles. The van der Waals surface area contributed by atoms with Crippen LogP contribution in [0.1, 0.15) is 44.0 Å². The van der Waals surface area contributed by atoms with Crippen LogP contribution in [0.3, 0.4) is 0 Å². The van der Waals surface area contributed by atoms with Crippen molar-refractivity contribution in [3.63, 3.8) is 0 Å². The summed E-state index contributed by atoms with van der Waals surface area (Å²) in [4.78, 5) is 51.6. The average molecular weight is 499 g/mol. The summed E-state index contributed by atoms with van der Waals surface area (Å²) < 4.78 is 11.0. The van der Waals surface area contributed by atoms with Crippen LogP contribution in [-0.2, 0) is 23.7 Å². The van der Waals surface area contributed by atoms with Crippen molar-refractivity contribution in [2.75, 3.05) is 26.7 Å². The van der Waals surface area contributed by atoms with Crippen LogP contribution in [0.15, 0.2) is 18.2 Å². The van der Waals surface area contributed by atoms with Crippen LogP contribution < -0.4 is 5.32 Å². The summed E-state index contributed by atoms with van der Waals surface area (Å²) in [5, 5.41) is 3.09. The molecule has 2 atom stereocenters. The lowest BCUT2D eigenvalue weighted by atomic mass is 9.65. The van der Waals surface area contributed by atoms with E-state index in [1.165, 1.54) is 12.1 Å². The first kappa shape index (κ1) is 27.2. The molecule has 1 aromatic rings. The molecular weight excluding hydrogens is 470 g/mol. The van der Waals surface area contributed by atoms with Gasteiger partial charge in [0.15, 0.2) is 5.78 Å². The van der Waals surface area contributed by atoms with Crippen molar-refractivity contribution < 1.29 is 28.5 Å². The van der Waals surface area contributed by atoms with E-state index in [1.54, 1.807) is 24.9 Å². The molecule has 0 bridgehead atoms. The van der Waals surface area contributed by atoms with Crippen LogP contribution in [0, 0.1) is 11.8 Å². The normalized spacial score (nSPS) is 18.6. The predicted molar refractivity (Wildman–Crippen MR) is 126 cm³/mol. The summed E-state index contributed by atoms with van der Waals surface area (Å²) in [6, 6.07) is 4.47. The molecule has 1 aromatic carbocycles. The number of rotatable bonds is 8. The molecule has 1 amide bonds. The number of benzene rings is 1. The third kappa shape index (κ3) is 8.64. The molecule has 180 valence electrons. The van der Waals surface area contributed by atoms with E-state index in [-0.39, 0.29) is 41.8 Å². The summed E-state index contributed by atoms with van der Waals surface area (Å²) in [6.45, 7) is 5.72. The first-order valence-corrected chi connectivity index (χ1v) is 11.5. The van der Waals surface area contributed by atoms with Gasteiger partial charge in [-0.3, -0.25) is 24.1 Å². The lowest BCUT2D eigenvalue weighted by molar-refractivity contribution is -0.141. The van der Waals surface area contributed by atoms with Crippen molar-refractivity contribution in [3.05, 3.63) is 33.8 Å². The Bertz CT molecular complexity index is 898. The summed E-state index contributed by atoms with van der Waals surface area (Å²) in [5.41, 5.74) is 0.160. The van der Waals surface area contributed by atoms with Crippen molar-refractivity contribution in [2.24, 2.45) is 11.8 Å². The van der Waals surface area contributed by atoms with Crippen LogP contribution in [-0.4, -0.2) is 62.3 Å². The Morgan fingerprint density at radius 2 is 1.94 bits per heavy atom. The number of carbonyl (C=O) groups is 4. The molecule has 0 aromatic heterocycles. The topological polar surface area (TPSA) is 102 Å². The van der Waals surface area contributed by atoms with Gasteiger partial charge in [0.2, 0.25) is 0 Å². The summed E-state index contributed by atoms with van der Waals surface area (Å²) in [7, 11) is 0.540. The fraction of sp³-hybridized carbons (Fsp3) is 0.545. The summed E-state index contributed by atoms with van der Waals surface area (Å²) in [6.07, 6.45) is 0.437. The van der Waals surface area contributed by atoms with Crippen LogP contribution >= 0.6 is 23.2 Å². The Morgan fingerprint density at radius 1 is 1.24 bits per heavy atom. The number of halogens is 2. The monoisotopic (exact) mass is 498 g/mol. The van der Waals surface area contributed by atoms with Gasteiger partial charge in [0.25, 0.3) is 11.9 Å². The highest BCUT2D eigenvalue weighted by atomic mass is 35.5. The second-order valence-electron chi connectivity index (χ2n) is 8.83. The molecule has 0 radical (unpaired) electrons. The second-order valence-corrected chi connectivity index (χ2v) is 9.68. The number of Topliss-reactive ketones (excluding diaryl/α,β-unsaturated/α-hetero) is 1. The van der Waals surface area contributed by atoms with Crippen LogP contribution in [0.5, 0.6) is 0 Å². The molecule has 0 aliphatic carbocycles. The number of carbonyl (C=O) groups excluding carboxylic acids is 4. The van der Waals surface area contributed by atoms with E-state index in [4.69, 9.17) is 32.5 Å². The Labute approximate surface area is 204 Å². The van der Waals surface area contributed by atoms with E-state index in [0.717, 1.165) is 0 Å². The summed E-state index contributed by atoms with van der Waals surface area (Å²) in [5.74, 6) is -2.72. The highest BCUT2D eigenvalue weighted by molar-refractivity contribution is 6.51. The highest BCUT2D eigenvalue weighted by Gasteiger charge is 2.41. The van der Waals surface area contributed by atoms with E-state index < -0.39 is 36.7 Å². The van der Waals surface area contributed by atoms with Crippen molar-refractivity contribution >= 4 is 53.9 Å². The van der Waals surface area contributed by atoms with Crippen LogP contribution in [0.2, 0.25) is 15.9 Å². The minimum absolute atomic E-state index is 0.0102. The van der Waals surface area contributed by atoms with E-state index in [2.05, 4.69) is 5.32 Å². The fourth-order valence-electron chi connectivity index (χ4n) is 3.65. The molecule has 1 aliphatic rings. The van der Waals surface area contributed by atoms with Crippen LogP contribution in [0.4, 0.5) is 0 Å². The van der Waals surface area contributed by atoms with Crippen molar-refractivity contribution in [1.29, 1.82) is 0 Å². The van der Waals surface area contributed by atoms with E-state index >= 15 is 0 Å². The molecule has 2 rings (SSSR count). The SMILES string of the molecule is CC(C)C[C@H](CC(=O)CNC(=O)c1cc(Cl)ccc1Cl)B1OC(=O)CN(C)C[C@@H](C)C(=O)O1. The van der Waals surface area contributed by atoms with Gasteiger partial charge >= 0.3 is 13.1 Å². The summed E-state index contributed by atoms with van der Waals surface area (Å²) >= 11 is 12.0. The number of likely N-dealkylation sites (N-methyl/N-ethyl adjacent to an activating group) is 1. The average Bonchev–Trinajstić information content (AvgIpc) is 2.75. The first-order valence-electron chi connectivity index (χ1n) is 10.8. The van der Waals surface area contributed by atoms with Crippen molar-refractivity contribution in [1.82, 2.24) is 10.2 Å². The molecule has 0 spiro atoms. The van der Waals surface area contributed by atoms with Gasteiger partial charge in [-0.1, -0.05) is 44.0 Å². The molecule has 8 nitrogen and oxygen atoms in total. The minimum Gasteiger partial charge on any atom is -0.499 e. The Morgan fingerprint density at radius 3 is 2.61 bits per heavy atom. The van der Waals surface area contributed by atoms with Crippen molar-refractivity contribution in [2.45, 2.75) is 39.4 Å². The van der Waals surface area contributed by atoms with Gasteiger partial charge in [-0.25, -0.2) is 0 Å². The number of ketones is 1. The van der Waals surface area contributed by atoms with Crippen LogP contribution in [0.25, 0.3) is 0 Å². The lowest BCUT2D eigenvalue weighted by Crippen LogP contribution is -2.38.